The van der Waals surface area contributed by atoms with Gasteiger partial charge in [-0.15, -0.1) is 0 Å². The first-order valence-electron chi connectivity index (χ1n) is 8.62. The molecule has 6 nitrogen and oxygen atoms in total. The maximum absolute atomic E-state index is 12.7. The first kappa shape index (κ1) is 17.4. The number of aryl methyl sites for hydroxylation is 1. The highest BCUT2D eigenvalue weighted by molar-refractivity contribution is 7.22. The second-order valence-corrected chi connectivity index (χ2v) is 7.53. The summed E-state index contributed by atoms with van der Waals surface area (Å²) in [4.78, 5) is 29.2. The number of para-hydroxylation sites is 1. The number of benzene rings is 2. The Kier molecular flexibility index (Phi) is 4.45. The van der Waals surface area contributed by atoms with Crippen LogP contribution in [0, 0.1) is 6.92 Å². The monoisotopic (exact) mass is 378 g/mol. The molecule has 3 aromatic rings. The molecule has 0 bridgehead atoms. The van der Waals surface area contributed by atoms with Crippen LogP contribution in [-0.2, 0) is 9.59 Å². The van der Waals surface area contributed by atoms with E-state index in [1.165, 1.54) is 18.3 Å². The summed E-state index contributed by atoms with van der Waals surface area (Å²) >= 11 is 1.42. The zero-order chi connectivity index (χ0) is 19.0. The molecule has 0 aliphatic carbocycles. The van der Waals surface area contributed by atoms with Gasteiger partial charge in [0.15, 0.2) is 10.9 Å². The molecule has 0 saturated heterocycles. The standard InChI is InChI=1S/C20H18N4O2S/c1-12-8-9-15-18(10-12)27-20(21-15)22-19(26)16-11-17(13(2)25)24(23-16)14-6-4-3-5-7-14/h3-10,17H,11H2,1-2H3,(H,21,22,26). The smallest absolute Gasteiger partial charge is 0.273 e. The normalized spacial score (nSPS) is 16.4. The summed E-state index contributed by atoms with van der Waals surface area (Å²) in [6.07, 6.45) is 0.278. The molecule has 2 aromatic carbocycles. The fraction of sp³-hybridized carbons (Fsp3) is 0.200. The van der Waals surface area contributed by atoms with E-state index in [1.807, 2.05) is 55.5 Å². The van der Waals surface area contributed by atoms with Gasteiger partial charge in [0.2, 0.25) is 0 Å². The summed E-state index contributed by atoms with van der Waals surface area (Å²) in [6, 6.07) is 14.9. The third-order valence-electron chi connectivity index (χ3n) is 4.43. The van der Waals surface area contributed by atoms with Crippen molar-refractivity contribution in [2.45, 2.75) is 26.3 Å². The predicted octanol–water partition coefficient (Wildman–Crippen LogP) is 3.77. The van der Waals surface area contributed by atoms with Crippen molar-refractivity contribution in [3.63, 3.8) is 0 Å². The molecule has 1 unspecified atom stereocenters. The summed E-state index contributed by atoms with van der Waals surface area (Å²) in [5.74, 6) is -0.351. The molecule has 1 aliphatic heterocycles. The largest absolute Gasteiger partial charge is 0.298 e. The van der Waals surface area contributed by atoms with Crippen LogP contribution in [0.5, 0.6) is 0 Å². The van der Waals surface area contributed by atoms with Gasteiger partial charge in [-0.1, -0.05) is 35.6 Å². The number of hydrogen-bond donors (Lipinski definition) is 1. The predicted molar refractivity (Wildman–Crippen MR) is 108 cm³/mol. The van der Waals surface area contributed by atoms with E-state index in [4.69, 9.17) is 0 Å². The highest BCUT2D eigenvalue weighted by atomic mass is 32.1. The number of nitrogens with zero attached hydrogens (tertiary/aromatic N) is 3. The van der Waals surface area contributed by atoms with Crippen LogP contribution < -0.4 is 10.3 Å². The number of Topliss-reactive ketones (excluding diaryl/α,β-unsaturated/α-hetero) is 1. The summed E-state index contributed by atoms with van der Waals surface area (Å²) < 4.78 is 1.02. The number of hydrogen-bond acceptors (Lipinski definition) is 6. The average Bonchev–Trinajstić information content (AvgIpc) is 3.26. The Balaban J connectivity index is 1.58. The molecule has 2 heterocycles. The molecular weight excluding hydrogens is 360 g/mol. The molecule has 0 fully saturated rings. The fourth-order valence-electron chi connectivity index (χ4n) is 3.04. The summed E-state index contributed by atoms with van der Waals surface area (Å²) in [7, 11) is 0. The van der Waals surface area contributed by atoms with Gasteiger partial charge in [-0.25, -0.2) is 4.98 Å². The number of fused-ring (bicyclic) bond motifs is 1. The van der Waals surface area contributed by atoms with Gasteiger partial charge in [-0.05, 0) is 43.7 Å². The van der Waals surface area contributed by atoms with E-state index < -0.39 is 6.04 Å². The van der Waals surface area contributed by atoms with Crippen molar-refractivity contribution in [2.24, 2.45) is 5.10 Å². The molecule has 1 amide bonds. The molecule has 0 saturated carbocycles. The van der Waals surface area contributed by atoms with Gasteiger partial charge in [0.25, 0.3) is 5.91 Å². The van der Waals surface area contributed by atoms with Gasteiger partial charge in [-0.3, -0.25) is 19.9 Å². The molecule has 1 aromatic heterocycles. The van der Waals surface area contributed by atoms with Gasteiger partial charge in [0.05, 0.1) is 15.9 Å². The number of ketones is 1. The van der Waals surface area contributed by atoms with Crippen LogP contribution in [0.15, 0.2) is 53.6 Å². The molecular formula is C20H18N4O2S. The van der Waals surface area contributed by atoms with Gasteiger partial charge in [0, 0.05) is 6.42 Å². The lowest BCUT2D eigenvalue weighted by atomic mass is 10.1. The summed E-state index contributed by atoms with van der Waals surface area (Å²) in [6.45, 7) is 3.54. The van der Waals surface area contributed by atoms with Gasteiger partial charge in [0.1, 0.15) is 11.8 Å². The molecule has 1 N–H and O–H groups in total. The van der Waals surface area contributed by atoms with Crippen molar-refractivity contribution < 1.29 is 9.59 Å². The lowest BCUT2D eigenvalue weighted by Gasteiger charge is -2.20. The second kappa shape index (κ2) is 6.92. The van der Waals surface area contributed by atoms with Crippen LogP contribution in [0.1, 0.15) is 18.9 Å². The van der Waals surface area contributed by atoms with E-state index in [0.717, 1.165) is 21.5 Å². The molecule has 27 heavy (non-hydrogen) atoms. The number of thiazole rings is 1. The Hall–Kier alpha value is -3.06. The Morgan fingerprint density at radius 2 is 1.96 bits per heavy atom. The minimum Gasteiger partial charge on any atom is -0.298 e. The molecule has 4 rings (SSSR count). The van der Waals surface area contributed by atoms with Gasteiger partial charge >= 0.3 is 0 Å². The Morgan fingerprint density at radius 1 is 1.19 bits per heavy atom. The Morgan fingerprint density at radius 3 is 2.70 bits per heavy atom. The van der Waals surface area contributed by atoms with Crippen LogP contribution >= 0.6 is 11.3 Å². The van der Waals surface area contributed by atoms with E-state index in [9.17, 15) is 9.59 Å². The zero-order valence-corrected chi connectivity index (χ0v) is 15.8. The summed E-state index contributed by atoms with van der Waals surface area (Å²) in [5.41, 5.74) is 3.11. The molecule has 1 atom stereocenters. The van der Waals surface area contributed by atoms with Crippen LogP contribution in [0.25, 0.3) is 10.2 Å². The average molecular weight is 378 g/mol. The third kappa shape index (κ3) is 3.46. The van der Waals surface area contributed by atoms with E-state index >= 15 is 0 Å². The van der Waals surface area contributed by atoms with Crippen molar-refractivity contribution in [3.05, 3.63) is 54.1 Å². The van der Waals surface area contributed by atoms with Crippen molar-refractivity contribution in [1.82, 2.24) is 4.98 Å². The van der Waals surface area contributed by atoms with E-state index in [1.54, 1.807) is 5.01 Å². The highest BCUT2D eigenvalue weighted by Gasteiger charge is 2.34. The maximum atomic E-state index is 12.7. The molecule has 136 valence electrons. The van der Waals surface area contributed by atoms with E-state index in [-0.39, 0.29) is 18.1 Å². The fourth-order valence-corrected chi connectivity index (χ4v) is 4.00. The van der Waals surface area contributed by atoms with Crippen LogP contribution in [0.4, 0.5) is 10.8 Å². The number of anilines is 2. The Bertz CT molecular complexity index is 1060. The van der Waals surface area contributed by atoms with Gasteiger partial charge < -0.3 is 0 Å². The lowest BCUT2D eigenvalue weighted by Crippen LogP contribution is -2.33. The number of rotatable bonds is 4. The number of carbonyl (C=O) groups is 2. The van der Waals surface area contributed by atoms with Crippen LogP contribution in [-0.4, -0.2) is 28.4 Å². The zero-order valence-electron chi connectivity index (χ0n) is 15.0. The van der Waals surface area contributed by atoms with Crippen molar-refractivity contribution in [3.8, 4) is 0 Å². The van der Waals surface area contributed by atoms with E-state index in [2.05, 4.69) is 15.4 Å². The van der Waals surface area contributed by atoms with Crippen molar-refractivity contribution >= 4 is 49.8 Å². The van der Waals surface area contributed by atoms with Crippen molar-refractivity contribution in [2.75, 3.05) is 10.3 Å². The molecule has 7 heteroatoms. The first-order valence-corrected chi connectivity index (χ1v) is 9.43. The number of nitrogens with one attached hydrogen (secondary N) is 1. The van der Waals surface area contributed by atoms with Crippen LogP contribution in [0.2, 0.25) is 0 Å². The Labute approximate surface area is 160 Å². The first-order chi connectivity index (χ1) is 13.0. The number of carbonyl (C=O) groups excluding carboxylic acids is 2. The number of aromatic nitrogens is 1. The second-order valence-electron chi connectivity index (χ2n) is 6.50. The number of amides is 1. The molecule has 1 aliphatic rings. The lowest BCUT2D eigenvalue weighted by molar-refractivity contribution is -0.118. The quantitative estimate of drug-likeness (QED) is 0.750. The van der Waals surface area contributed by atoms with E-state index in [0.29, 0.717) is 10.8 Å². The SMILES string of the molecule is CC(=O)C1CC(C(=O)Nc2nc3ccc(C)cc3s2)=NN1c1ccccc1. The topological polar surface area (TPSA) is 74.7 Å². The minimum atomic E-state index is -0.467. The highest BCUT2D eigenvalue weighted by Crippen LogP contribution is 2.28. The maximum Gasteiger partial charge on any atom is 0.273 e. The van der Waals surface area contributed by atoms with Crippen molar-refractivity contribution in [1.29, 1.82) is 0 Å². The minimum absolute atomic E-state index is 0.0270. The summed E-state index contributed by atoms with van der Waals surface area (Å²) in [5, 5.41) is 9.40. The number of hydrazone groups is 1. The third-order valence-corrected chi connectivity index (χ3v) is 5.36. The molecule has 0 spiro atoms. The van der Waals surface area contributed by atoms with Crippen LogP contribution in [0.3, 0.4) is 0 Å². The van der Waals surface area contributed by atoms with Gasteiger partial charge in [-0.2, -0.15) is 5.10 Å². The molecule has 0 radical (unpaired) electrons.